The van der Waals surface area contributed by atoms with Gasteiger partial charge >= 0.3 is 12.0 Å². The quantitative estimate of drug-likeness (QED) is 0.821. The van der Waals surface area contributed by atoms with E-state index in [1.165, 1.54) is 0 Å². The molecule has 2 amide bonds. The molecular formula is C15H26N2O4. The normalized spacial score (nSPS) is 33.0. The summed E-state index contributed by atoms with van der Waals surface area (Å²) in [5.41, 5.74) is -0.838. The summed E-state index contributed by atoms with van der Waals surface area (Å²) in [6, 6.07) is -0.265. The Hall–Kier alpha value is -1.30. The number of aliphatic hydroxyl groups is 1. The van der Waals surface area contributed by atoms with Crippen LogP contribution in [0.5, 0.6) is 0 Å². The number of carboxylic acids is 1. The highest BCUT2D eigenvalue weighted by molar-refractivity contribution is 5.80. The third kappa shape index (κ3) is 2.61. The van der Waals surface area contributed by atoms with Gasteiger partial charge in [0.15, 0.2) is 0 Å². The van der Waals surface area contributed by atoms with Crippen molar-refractivity contribution in [3.8, 4) is 0 Å². The van der Waals surface area contributed by atoms with Gasteiger partial charge in [0.2, 0.25) is 0 Å². The maximum atomic E-state index is 12.6. The van der Waals surface area contributed by atoms with Crippen LogP contribution in [0.3, 0.4) is 0 Å². The number of amides is 2. The molecule has 2 saturated heterocycles. The summed E-state index contributed by atoms with van der Waals surface area (Å²) in [6.07, 6.45) is 1.39. The number of carbonyl (C=O) groups is 2. The van der Waals surface area contributed by atoms with Crippen molar-refractivity contribution in [3.05, 3.63) is 0 Å². The lowest BCUT2D eigenvalue weighted by atomic mass is 9.76. The van der Waals surface area contributed by atoms with E-state index in [0.29, 0.717) is 19.5 Å². The van der Waals surface area contributed by atoms with Crippen molar-refractivity contribution in [2.45, 2.75) is 39.7 Å². The van der Waals surface area contributed by atoms with Gasteiger partial charge in [-0.1, -0.05) is 20.8 Å². The van der Waals surface area contributed by atoms with E-state index in [-0.39, 0.29) is 37.1 Å². The second-order valence-electron chi connectivity index (χ2n) is 6.78. The SMILES string of the molecule is CC1CCN(C(=O)N2CCC(C(=O)O)(C(C)C)C2)C1CO. The van der Waals surface area contributed by atoms with Crippen LogP contribution < -0.4 is 0 Å². The minimum atomic E-state index is -0.838. The van der Waals surface area contributed by atoms with Crippen molar-refractivity contribution in [2.24, 2.45) is 17.3 Å². The summed E-state index contributed by atoms with van der Waals surface area (Å²) >= 11 is 0. The number of aliphatic carboxylic acids is 1. The van der Waals surface area contributed by atoms with E-state index in [2.05, 4.69) is 0 Å². The third-order valence-electron chi connectivity index (χ3n) is 5.42. The van der Waals surface area contributed by atoms with Gasteiger partial charge in [0.05, 0.1) is 18.1 Å². The summed E-state index contributed by atoms with van der Waals surface area (Å²) in [5.74, 6) is -0.545. The maximum Gasteiger partial charge on any atom is 0.320 e. The lowest BCUT2D eigenvalue weighted by molar-refractivity contribution is -0.150. The maximum absolute atomic E-state index is 12.6. The molecule has 6 heteroatoms. The average Bonchev–Trinajstić information content (AvgIpc) is 3.02. The molecule has 3 unspecified atom stereocenters. The van der Waals surface area contributed by atoms with Crippen LogP contribution in [0.15, 0.2) is 0 Å². The molecule has 0 aromatic heterocycles. The molecule has 2 fully saturated rings. The van der Waals surface area contributed by atoms with E-state index in [4.69, 9.17) is 0 Å². The largest absolute Gasteiger partial charge is 0.481 e. The molecular weight excluding hydrogens is 272 g/mol. The predicted octanol–water partition coefficient (Wildman–Crippen LogP) is 1.24. The van der Waals surface area contributed by atoms with E-state index in [9.17, 15) is 19.8 Å². The molecule has 2 rings (SSSR count). The number of hydrogen-bond donors (Lipinski definition) is 2. The monoisotopic (exact) mass is 298 g/mol. The molecule has 2 aliphatic heterocycles. The van der Waals surface area contributed by atoms with Crippen molar-refractivity contribution in [2.75, 3.05) is 26.2 Å². The topological polar surface area (TPSA) is 81.1 Å². The minimum absolute atomic E-state index is 0.0149. The Labute approximate surface area is 125 Å². The standard InChI is InChI=1S/C15H26N2O4/c1-10(2)15(13(19)20)5-7-16(9-15)14(21)17-6-4-11(3)12(17)8-18/h10-12,18H,4-9H2,1-3H3,(H,19,20). The molecule has 6 nitrogen and oxygen atoms in total. The van der Waals surface area contributed by atoms with Gasteiger partial charge in [-0.15, -0.1) is 0 Å². The fourth-order valence-corrected chi connectivity index (χ4v) is 3.59. The Morgan fingerprint density at radius 2 is 2.00 bits per heavy atom. The van der Waals surface area contributed by atoms with Crippen LogP contribution >= 0.6 is 0 Å². The lowest BCUT2D eigenvalue weighted by Gasteiger charge is -2.32. The Kier molecular flexibility index (Phi) is 4.46. The number of nitrogens with zero attached hydrogens (tertiary/aromatic N) is 2. The number of urea groups is 1. The van der Waals surface area contributed by atoms with E-state index in [1.807, 2.05) is 20.8 Å². The molecule has 0 spiro atoms. The Morgan fingerprint density at radius 3 is 2.48 bits per heavy atom. The van der Waals surface area contributed by atoms with Gasteiger partial charge in [-0.25, -0.2) is 4.79 Å². The molecule has 2 N–H and O–H groups in total. The van der Waals surface area contributed by atoms with Crippen LogP contribution in [0.25, 0.3) is 0 Å². The number of likely N-dealkylation sites (tertiary alicyclic amines) is 2. The van der Waals surface area contributed by atoms with E-state index in [1.54, 1.807) is 9.80 Å². The van der Waals surface area contributed by atoms with Gasteiger partial charge in [-0.3, -0.25) is 4.79 Å². The Balaban J connectivity index is 2.10. The first-order valence-corrected chi connectivity index (χ1v) is 7.73. The summed E-state index contributed by atoms with van der Waals surface area (Å²) < 4.78 is 0. The molecule has 0 saturated carbocycles. The minimum Gasteiger partial charge on any atom is -0.481 e. The Bertz CT molecular complexity index is 426. The molecule has 120 valence electrons. The molecule has 0 bridgehead atoms. The van der Waals surface area contributed by atoms with Crippen molar-refractivity contribution >= 4 is 12.0 Å². The van der Waals surface area contributed by atoms with Crippen molar-refractivity contribution in [3.63, 3.8) is 0 Å². The summed E-state index contributed by atoms with van der Waals surface area (Å²) in [6.45, 7) is 7.19. The highest BCUT2D eigenvalue weighted by Gasteiger charge is 2.50. The molecule has 0 aromatic carbocycles. The molecule has 0 radical (unpaired) electrons. The van der Waals surface area contributed by atoms with E-state index >= 15 is 0 Å². The zero-order chi connectivity index (χ0) is 15.8. The van der Waals surface area contributed by atoms with Gasteiger partial charge in [-0.05, 0) is 24.7 Å². The molecule has 0 aromatic rings. The first-order chi connectivity index (χ1) is 9.83. The van der Waals surface area contributed by atoms with E-state index in [0.717, 1.165) is 6.42 Å². The van der Waals surface area contributed by atoms with Crippen molar-refractivity contribution < 1.29 is 19.8 Å². The third-order valence-corrected chi connectivity index (χ3v) is 5.42. The molecule has 2 aliphatic rings. The fourth-order valence-electron chi connectivity index (χ4n) is 3.59. The zero-order valence-electron chi connectivity index (χ0n) is 13.1. The average molecular weight is 298 g/mol. The van der Waals surface area contributed by atoms with Gasteiger partial charge in [0.25, 0.3) is 0 Å². The number of carboxylic acid groups (broad SMARTS) is 1. The summed E-state index contributed by atoms with van der Waals surface area (Å²) in [4.78, 5) is 27.6. The lowest BCUT2D eigenvalue weighted by Crippen LogP contribution is -2.48. The zero-order valence-corrected chi connectivity index (χ0v) is 13.1. The number of hydrogen-bond acceptors (Lipinski definition) is 3. The Morgan fingerprint density at radius 1 is 1.33 bits per heavy atom. The van der Waals surface area contributed by atoms with Crippen molar-refractivity contribution in [1.29, 1.82) is 0 Å². The number of aliphatic hydroxyl groups excluding tert-OH is 1. The first-order valence-electron chi connectivity index (χ1n) is 7.73. The van der Waals surface area contributed by atoms with Crippen LogP contribution in [0.4, 0.5) is 4.79 Å². The van der Waals surface area contributed by atoms with Crippen LogP contribution in [0, 0.1) is 17.3 Å². The fraction of sp³-hybridized carbons (Fsp3) is 0.867. The second kappa shape index (κ2) is 5.83. The van der Waals surface area contributed by atoms with Crippen LogP contribution in [-0.4, -0.2) is 64.3 Å². The number of rotatable bonds is 3. The summed E-state index contributed by atoms with van der Waals surface area (Å²) in [5, 5.41) is 19.0. The van der Waals surface area contributed by atoms with Crippen LogP contribution in [0.1, 0.15) is 33.6 Å². The smallest absolute Gasteiger partial charge is 0.320 e. The van der Waals surface area contributed by atoms with Crippen LogP contribution in [-0.2, 0) is 4.79 Å². The highest BCUT2D eigenvalue weighted by Crippen LogP contribution is 2.39. The van der Waals surface area contributed by atoms with Gasteiger partial charge in [0.1, 0.15) is 0 Å². The summed E-state index contributed by atoms with van der Waals surface area (Å²) in [7, 11) is 0. The first kappa shape index (κ1) is 16.1. The number of carbonyl (C=O) groups excluding carboxylic acids is 1. The van der Waals surface area contributed by atoms with Gasteiger partial charge in [-0.2, -0.15) is 0 Å². The second-order valence-corrected chi connectivity index (χ2v) is 6.78. The van der Waals surface area contributed by atoms with Crippen LogP contribution in [0.2, 0.25) is 0 Å². The predicted molar refractivity (Wildman–Crippen MR) is 77.9 cm³/mol. The molecule has 2 heterocycles. The van der Waals surface area contributed by atoms with Gasteiger partial charge < -0.3 is 20.0 Å². The highest BCUT2D eigenvalue weighted by atomic mass is 16.4. The molecule has 3 atom stereocenters. The van der Waals surface area contributed by atoms with E-state index < -0.39 is 11.4 Å². The van der Waals surface area contributed by atoms with Gasteiger partial charge in [0, 0.05) is 19.6 Å². The molecule has 21 heavy (non-hydrogen) atoms. The molecule has 0 aliphatic carbocycles. The van der Waals surface area contributed by atoms with Crippen molar-refractivity contribution in [1.82, 2.24) is 9.80 Å².